The number of benzene rings is 1. The standard InChI is InChI=1S/C33H43FN4O4/c1-18-6-8-23-25(16-18)37-30(41)33(23)26(22-10-15-35-19(2)27(22)34)28(38-32(33)13-11-31(4,5)12-14-32)29(40)36-24-9-7-21(17-39)42-20(24)3/h6,8,10,15-16,20-21,24,26,28,38-39H,7,9,11-14,17H2,1-5H3,(H,36,40)(H,37,41)/t20-,21+,24?,26+,28-,33-/m1/s1. The summed E-state index contributed by atoms with van der Waals surface area (Å²) in [6, 6.07) is 6.47. The van der Waals surface area contributed by atoms with E-state index in [1.54, 1.807) is 19.2 Å². The highest BCUT2D eigenvalue weighted by Gasteiger charge is 2.73. The first-order valence-corrected chi connectivity index (χ1v) is 15.3. The summed E-state index contributed by atoms with van der Waals surface area (Å²) in [6.45, 7) is 9.92. The van der Waals surface area contributed by atoms with Crippen LogP contribution in [0.3, 0.4) is 0 Å². The molecule has 1 saturated carbocycles. The Kier molecular flexibility index (Phi) is 7.22. The van der Waals surface area contributed by atoms with E-state index in [-0.39, 0.29) is 47.8 Å². The van der Waals surface area contributed by atoms with Crippen LogP contribution in [0.5, 0.6) is 0 Å². The van der Waals surface area contributed by atoms with Gasteiger partial charge in [-0.15, -0.1) is 0 Å². The Balaban J connectivity index is 1.51. The van der Waals surface area contributed by atoms with E-state index in [1.165, 1.54) is 0 Å². The normalized spacial score (nSPS) is 33.0. The van der Waals surface area contributed by atoms with Crippen molar-refractivity contribution in [3.05, 3.63) is 58.7 Å². The first-order chi connectivity index (χ1) is 19.9. The SMILES string of the molecule is Cc1ccc2c(c1)NC(=O)[C@]21[C@@H](c2ccnc(C)c2F)[C@H](C(=O)NC2CC[C@@H](CO)O[C@@H]2C)NC12CCC(C)(C)CC2. The number of carbonyl (C=O) groups excluding carboxylic acids is 2. The van der Waals surface area contributed by atoms with Gasteiger partial charge >= 0.3 is 0 Å². The molecule has 6 rings (SSSR count). The highest BCUT2D eigenvalue weighted by atomic mass is 19.1. The van der Waals surface area contributed by atoms with E-state index in [9.17, 15) is 14.7 Å². The van der Waals surface area contributed by atoms with Crippen LogP contribution in [-0.2, 0) is 19.7 Å². The van der Waals surface area contributed by atoms with E-state index in [4.69, 9.17) is 4.74 Å². The number of aliphatic hydroxyl groups is 1. The zero-order valence-electron chi connectivity index (χ0n) is 25.2. The smallest absolute Gasteiger partial charge is 0.238 e. The number of halogens is 1. The molecule has 1 unspecified atom stereocenters. The topological polar surface area (TPSA) is 113 Å². The van der Waals surface area contributed by atoms with Crippen LogP contribution >= 0.6 is 0 Å². The molecule has 42 heavy (non-hydrogen) atoms. The predicted molar refractivity (Wildman–Crippen MR) is 158 cm³/mol. The van der Waals surface area contributed by atoms with Crippen molar-refractivity contribution in [3.63, 3.8) is 0 Å². The fraction of sp³-hybridized carbons (Fsp3) is 0.606. The summed E-state index contributed by atoms with van der Waals surface area (Å²) >= 11 is 0. The van der Waals surface area contributed by atoms with E-state index in [0.717, 1.165) is 29.7 Å². The third-order valence-corrected chi connectivity index (χ3v) is 10.7. The fourth-order valence-electron chi connectivity index (χ4n) is 8.27. The third-order valence-electron chi connectivity index (χ3n) is 10.7. The molecule has 1 aliphatic carbocycles. The van der Waals surface area contributed by atoms with Gasteiger partial charge in [-0.2, -0.15) is 0 Å². The average molecular weight is 579 g/mol. The van der Waals surface area contributed by atoms with Crippen LogP contribution in [0.25, 0.3) is 0 Å². The van der Waals surface area contributed by atoms with Crippen LogP contribution in [0.1, 0.15) is 87.6 Å². The number of aryl methyl sites for hydroxylation is 2. The molecule has 226 valence electrons. The number of hydrogen-bond acceptors (Lipinski definition) is 6. The number of hydrogen-bond donors (Lipinski definition) is 4. The Morgan fingerprint density at radius 2 is 1.90 bits per heavy atom. The van der Waals surface area contributed by atoms with Gasteiger partial charge in [-0.1, -0.05) is 26.0 Å². The minimum Gasteiger partial charge on any atom is -0.394 e. The molecule has 0 bridgehead atoms. The van der Waals surface area contributed by atoms with Crippen molar-refractivity contribution in [1.82, 2.24) is 15.6 Å². The predicted octanol–water partition coefficient (Wildman–Crippen LogP) is 4.17. The van der Waals surface area contributed by atoms with E-state index < -0.39 is 28.7 Å². The van der Waals surface area contributed by atoms with E-state index in [0.29, 0.717) is 31.2 Å². The lowest BCUT2D eigenvalue weighted by atomic mass is 9.53. The van der Waals surface area contributed by atoms with Gasteiger partial charge in [0.2, 0.25) is 11.8 Å². The summed E-state index contributed by atoms with van der Waals surface area (Å²) < 4.78 is 22.1. The first-order valence-electron chi connectivity index (χ1n) is 15.3. The van der Waals surface area contributed by atoms with Gasteiger partial charge in [-0.05, 0) is 93.5 Å². The van der Waals surface area contributed by atoms with Crippen molar-refractivity contribution in [2.75, 3.05) is 11.9 Å². The number of anilines is 1. The minimum absolute atomic E-state index is 0.0622. The van der Waals surface area contributed by atoms with E-state index >= 15 is 4.39 Å². The number of fused-ring (bicyclic) bond motifs is 3. The molecule has 4 aliphatic rings. The molecule has 2 aromatic rings. The molecule has 4 heterocycles. The number of amides is 2. The maximum absolute atomic E-state index is 16.2. The Bertz CT molecular complexity index is 1400. The molecule has 0 radical (unpaired) electrons. The number of nitrogens with one attached hydrogen (secondary N) is 3. The monoisotopic (exact) mass is 578 g/mol. The number of ether oxygens (including phenoxy) is 1. The van der Waals surface area contributed by atoms with Gasteiger partial charge in [-0.3, -0.25) is 19.9 Å². The Morgan fingerprint density at radius 3 is 2.60 bits per heavy atom. The Morgan fingerprint density at radius 1 is 1.17 bits per heavy atom. The quantitative estimate of drug-likeness (QED) is 0.434. The molecule has 3 fully saturated rings. The molecule has 2 saturated heterocycles. The van der Waals surface area contributed by atoms with Crippen molar-refractivity contribution >= 4 is 17.5 Å². The van der Waals surface area contributed by atoms with Gasteiger partial charge in [0.25, 0.3) is 0 Å². The highest BCUT2D eigenvalue weighted by molar-refractivity contribution is 6.10. The molecule has 3 aliphatic heterocycles. The molecular weight excluding hydrogens is 535 g/mol. The summed E-state index contributed by atoms with van der Waals surface area (Å²) in [6.07, 6.45) is 5.39. The summed E-state index contributed by atoms with van der Waals surface area (Å²) in [5.74, 6) is -1.76. The van der Waals surface area contributed by atoms with Crippen molar-refractivity contribution in [3.8, 4) is 0 Å². The van der Waals surface area contributed by atoms with Crippen LogP contribution in [0.15, 0.2) is 30.5 Å². The van der Waals surface area contributed by atoms with Crippen LogP contribution in [-0.4, -0.2) is 58.3 Å². The summed E-state index contributed by atoms with van der Waals surface area (Å²) in [5.41, 5.74) is 1.24. The molecule has 4 N–H and O–H groups in total. The number of nitrogens with zero attached hydrogens (tertiary/aromatic N) is 1. The summed E-state index contributed by atoms with van der Waals surface area (Å²) in [4.78, 5) is 33.2. The molecule has 1 aromatic carbocycles. The van der Waals surface area contributed by atoms with Crippen LogP contribution in [0, 0.1) is 25.1 Å². The van der Waals surface area contributed by atoms with E-state index in [1.807, 2.05) is 32.0 Å². The van der Waals surface area contributed by atoms with Crippen molar-refractivity contribution in [2.24, 2.45) is 5.41 Å². The molecule has 2 amide bonds. The lowest BCUT2D eigenvalue weighted by Crippen LogP contribution is -2.61. The first kappa shape index (κ1) is 29.2. The highest BCUT2D eigenvalue weighted by Crippen LogP contribution is 2.63. The average Bonchev–Trinajstić information content (AvgIpc) is 3.41. The molecular formula is C33H43FN4O4. The second-order valence-corrected chi connectivity index (χ2v) is 13.8. The summed E-state index contributed by atoms with van der Waals surface area (Å²) in [5, 5.41) is 19.7. The molecule has 1 aromatic heterocycles. The van der Waals surface area contributed by atoms with Crippen LogP contribution in [0.2, 0.25) is 0 Å². The second kappa shape index (κ2) is 10.4. The van der Waals surface area contributed by atoms with Crippen molar-refractivity contribution in [2.45, 2.75) is 114 Å². The summed E-state index contributed by atoms with van der Waals surface area (Å²) in [7, 11) is 0. The molecule has 8 nitrogen and oxygen atoms in total. The molecule has 2 spiro atoms. The lowest BCUT2D eigenvalue weighted by molar-refractivity contribution is -0.129. The van der Waals surface area contributed by atoms with Gasteiger partial charge in [0, 0.05) is 23.3 Å². The number of pyridine rings is 1. The number of carbonyl (C=O) groups is 2. The molecule has 6 atom stereocenters. The third kappa shape index (κ3) is 4.38. The van der Waals surface area contributed by atoms with Gasteiger partial charge in [-0.25, -0.2) is 4.39 Å². The minimum atomic E-state index is -1.21. The zero-order chi connectivity index (χ0) is 30.0. The molecule has 9 heteroatoms. The van der Waals surface area contributed by atoms with E-state index in [2.05, 4.69) is 34.8 Å². The van der Waals surface area contributed by atoms with Gasteiger partial charge in [0.1, 0.15) is 11.2 Å². The zero-order valence-corrected chi connectivity index (χ0v) is 25.2. The van der Waals surface area contributed by atoms with Crippen molar-refractivity contribution < 1.29 is 23.8 Å². The Hall–Kier alpha value is -2.88. The number of aliphatic hydroxyl groups excluding tert-OH is 1. The lowest BCUT2D eigenvalue weighted by Gasteiger charge is -2.50. The maximum atomic E-state index is 16.2. The van der Waals surface area contributed by atoms with Gasteiger partial charge in [0.05, 0.1) is 36.6 Å². The van der Waals surface area contributed by atoms with Crippen LogP contribution in [0.4, 0.5) is 10.1 Å². The van der Waals surface area contributed by atoms with Crippen molar-refractivity contribution in [1.29, 1.82) is 0 Å². The van der Waals surface area contributed by atoms with Gasteiger partial charge < -0.3 is 20.5 Å². The number of rotatable bonds is 4. The maximum Gasteiger partial charge on any atom is 0.238 e. The largest absolute Gasteiger partial charge is 0.394 e. The van der Waals surface area contributed by atoms with Crippen LogP contribution < -0.4 is 16.0 Å². The fourth-order valence-corrected chi connectivity index (χ4v) is 8.27. The Labute approximate surface area is 247 Å². The number of aromatic nitrogens is 1. The van der Waals surface area contributed by atoms with Gasteiger partial charge in [0.15, 0.2) is 0 Å². The second-order valence-electron chi connectivity index (χ2n) is 13.8.